The Labute approximate surface area is 169 Å². The predicted molar refractivity (Wildman–Crippen MR) is 116 cm³/mol. The molecule has 0 radical (unpaired) electrons. The summed E-state index contributed by atoms with van der Waals surface area (Å²) in [7, 11) is 0. The summed E-state index contributed by atoms with van der Waals surface area (Å²) >= 11 is 0. The highest BCUT2D eigenvalue weighted by Crippen LogP contribution is 2.12. The first kappa shape index (κ1) is 23.8. The van der Waals surface area contributed by atoms with Crippen LogP contribution < -0.4 is 0 Å². The predicted octanol–water partition coefficient (Wildman–Crippen LogP) is 4.84. The minimum atomic E-state index is -0.0810. The first-order chi connectivity index (χ1) is 12.9. The zero-order valence-corrected chi connectivity index (χ0v) is 16.9. The summed E-state index contributed by atoms with van der Waals surface area (Å²) in [6.07, 6.45) is 2.62. The lowest BCUT2D eigenvalue weighted by Crippen LogP contribution is -2.47. The maximum atomic E-state index is 12.9. The number of piperazine rings is 1. The normalized spacial score (nSPS) is 14.0. The highest BCUT2D eigenvalue weighted by Gasteiger charge is 2.17. The van der Waals surface area contributed by atoms with Crippen LogP contribution in [0.15, 0.2) is 36.5 Å². The molecule has 2 aromatic rings. The lowest BCUT2D eigenvalue weighted by Gasteiger charge is -2.35. The SMILES string of the molecule is C.CC(=N)N1CCN(Cc2cccnc2C)CC1.CCc1c(C)cccc1F. The minimum absolute atomic E-state index is 0. The lowest BCUT2D eigenvalue weighted by molar-refractivity contribution is 0.174. The third kappa shape index (κ3) is 6.71. The number of nitrogens with one attached hydrogen (secondary N) is 1. The second kappa shape index (κ2) is 11.5. The highest BCUT2D eigenvalue weighted by molar-refractivity contribution is 5.76. The van der Waals surface area contributed by atoms with Gasteiger partial charge in [-0.15, -0.1) is 0 Å². The van der Waals surface area contributed by atoms with Crippen molar-refractivity contribution in [3.63, 3.8) is 0 Å². The van der Waals surface area contributed by atoms with Crippen LogP contribution >= 0.6 is 0 Å². The summed E-state index contributed by atoms with van der Waals surface area (Å²) in [5, 5.41) is 7.61. The molecule has 0 unspecified atom stereocenters. The summed E-state index contributed by atoms with van der Waals surface area (Å²) in [4.78, 5) is 8.88. The molecule has 3 rings (SSSR count). The van der Waals surface area contributed by atoms with Crippen molar-refractivity contribution in [3.8, 4) is 0 Å². The number of pyridine rings is 1. The summed E-state index contributed by atoms with van der Waals surface area (Å²) in [5.74, 6) is 0.602. The molecule has 0 saturated carbocycles. The molecule has 28 heavy (non-hydrogen) atoms. The van der Waals surface area contributed by atoms with E-state index < -0.39 is 0 Å². The Kier molecular flexibility index (Phi) is 9.80. The Bertz CT molecular complexity index is 732. The third-order valence-electron chi connectivity index (χ3n) is 5.06. The van der Waals surface area contributed by atoms with Crippen LogP contribution in [0.2, 0.25) is 0 Å². The van der Waals surface area contributed by atoms with Crippen LogP contribution in [0.25, 0.3) is 0 Å². The molecule has 0 amide bonds. The standard InChI is InChI=1S/C13H20N4.C9H11F.CH4/c1-11-13(4-3-5-15-11)10-16-6-8-17(9-7-16)12(2)14;1-3-8-7(2)5-4-6-9(8)10;/h3-5,14H,6-10H2,1-2H3;4-6H,3H2,1-2H3;1H4. The minimum Gasteiger partial charge on any atom is -0.358 e. The Morgan fingerprint density at radius 2 is 1.79 bits per heavy atom. The molecule has 1 N–H and O–H groups in total. The van der Waals surface area contributed by atoms with Gasteiger partial charge in [0.15, 0.2) is 0 Å². The number of nitrogens with zero attached hydrogens (tertiary/aromatic N) is 3. The zero-order chi connectivity index (χ0) is 19.8. The highest BCUT2D eigenvalue weighted by atomic mass is 19.1. The quantitative estimate of drug-likeness (QED) is 0.606. The number of benzene rings is 1. The molecule has 2 heterocycles. The summed E-state index contributed by atoms with van der Waals surface area (Å²) in [6.45, 7) is 12.8. The Morgan fingerprint density at radius 3 is 2.29 bits per heavy atom. The molecule has 4 nitrogen and oxygen atoms in total. The largest absolute Gasteiger partial charge is 0.358 e. The fourth-order valence-corrected chi connectivity index (χ4v) is 3.28. The molecule has 1 saturated heterocycles. The zero-order valence-electron chi connectivity index (χ0n) is 16.9. The van der Waals surface area contributed by atoms with Crippen molar-refractivity contribution in [1.82, 2.24) is 14.8 Å². The summed E-state index contributed by atoms with van der Waals surface area (Å²) in [5.41, 5.74) is 4.32. The van der Waals surface area contributed by atoms with Gasteiger partial charge in [0.05, 0.1) is 5.84 Å². The van der Waals surface area contributed by atoms with E-state index in [-0.39, 0.29) is 13.2 Å². The van der Waals surface area contributed by atoms with Gasteiger partial charge in [-0.1, -0.05) is 32.5 Å². The second-order valence-electron chi connectivity index (χ2n) is 6.99. The monoisotopic (exact) mass is 386 g/mol. The van der Waals surface area contributed by atoms with E-state index in [9.17, 15) is 4.39 Å². The topological polar surface area (TPSA) is 43.2 Å². The van der Waals surface area contributed by atoms with Crippen LogP contribution in [0.5, 0.6) is 0 Å². The molecule has 1 aromatic carbocycles. The van der Waals surface area contributed by atoms with Crippen molar-refractivity contribution >= 4 is 5.84 Å². The van der Waals surface area contributed by atoms with Crippen LogP contribution in [-0.2, 0) is 13.0 Å². The number of hydrogen-bond donors (Lipinski definition) is 1. The number of aryl methyl sites for hydroxylation is 2. The molecule has 1 aliphatic rings. The van der Waals surface area contributed by atoms with E-state index >= 15 is 0 Å². The van der Waals surface area contributed by atoms with E-state index in [0.717, 1.165) is 56.0 Å². The summed E-state index contributed by atoms with van der Waals surface area (Å²) in [6, 6.07) is 9.33. The average Bonchev–Trinajstić information content (AvgIpc) is 2.65. The first-order valence-corrected chi connectivity index (χ1v) is 9.59. The van der Waals surface area contributed by atoms with Crippen LogP contribution in [-0.4, -0.2) is 46.8 Å². The Balaban J connectivity index is 0.000000307. The molecule has 0 bridgehead atoms. The molecule has 0 spiro atoms. The number of hydrogen-bond acceptors (Lipinski definition) is 3. The van der Waals surface area contributed by atoms with Crippen LogP contribution in [0.1, 0.15) is 43.7 Å². The van der Waals surface area contributed by atoms with Crippen molar-refractivity contribution in [2.45, 2.75) is 48.1 Å². The van der Waals surface area contributed by atoms with Gasteiger partial charge in [-0.05, 0) is 56.0 Å². The van der Waals surface area contributed by atoms with E-state index in [4.69, 9.17) is 5.41 Å². The maximum Gasteiger partial charge on any atom is 0.126 e. The van der Waals surface area contributed by atoms with Crippen molar-refractivity contribution in [2.75, 3.05) is 26.2 Å². The number of halogens is 1. The van der Waals surface area contributed by atoms with Gasteiger partial charge >= 0.3 is 0 Å². The molecule has 154 valence electrons. The maximum absolute atomic E-state index is 12.9. The first-order valence-electron chi connectivity index (χ1n) is 9.59. The fraction of sp³-hybridized carbons (Fsp3) is 0.478. The number of aromatic nitrogens is 1. The van der Waals surface area contributed by atoms with Crippen LogP contribution in [0.4, 0.5) is 4.39 Å². The van der Waals surface area contributed by atoms with Crippen molar-refractivity contribution < 1.29 is 4.39 Å². The van der Waals surface area contributed by atoms with E-state index in [1.165, 1.54) is 11.6 Å². The van der Waals surface area contributed by atoms with Gasteiger partial charge in [0.25, 0.3) is 0 Å². The molecule has 5 heteroatoms. The fourth-order valence-electron chi connectivity index (χ4n) is 3.28. The van der Waals surface area contributed by atoms with E-state index in [0.29, 0.717) is 5.84 Å². The van der Waals surface area contributed by atoms with Gasteiger partial charge in [0, 0.05) is 44.6 Å². The summed E-state index contributed by atoms with van der Waals surface area (Å²) < 4.78 is 12.9. The van der Waals surface area contributed by atoms with Gasteiger partial charge in [-0.2, -0.15) is 0 Å². The van der Waals surface area contributed by atoms with Gasteiger partial charge in [-0.25, -0.2) is 4.39 Å². The second-order valence-corrected chi connectivity index (χ2v) is 6.99. The molecule has 1 aromatic heterocycles. The molecule has 0 aliphatic carbocycles. The molecule has 1 fully saturated rings. The van der Waals surface area contributed by atoms with Crippen LogP contribution in [0.3, 0.4) is 0 Å². The van der Waals surface area contributed by atoms with Crippen LogP contribution in [0, 0.1) is 25.1 Å². The average molecular weight is 387 g/mol. The van der Waals surface area contributed by atoms with Crippen molar-refractivity contribution in [3.05, 3.63) is 64.7 Å². The lowest BCUT2D eigenvalue weighted by atomic mass is 10.1. The van der Waals surface area contributed by atoms with E-state index in [1.807, 2.05) is 39.1 Å². The molecular weight excluding hydrogens is 351 g/mol. The third-order valence-corrected chi connectivity index (χ3v) is 5.06. The van der Waals surface area contributed by atoms with Gasteiger partial charge in [0.2, 0.25) is 0 Å². The number of amidine groups is 1. The van der Waals surface area contributed by atoms with Gasteiger partial charge in [0.1, 0.15) is 5.82 Å². The van der Waals surface area contributed by atoms with Gasteiger partial charge in [-0.3, -0.25) is 15.3 Å². The van der Waals surface area contributed by atoms with Crippen molar-refractivity contribution in [1.29, 1.82) is 5.41 Å². The molecule has 1 aliphatic heterocycles. The van der Waals surface area contributed by atoms with E-state index in [2.05, 4.69) is 27.8 Å². The van der Waals surface area contributed by atoms with Crippen molar-refractivity contribution in [2.24, 2.45) is 0 Å². The molecular formula is C23H35FN4. The van der Waals surface area contributed by atoms with Gasteiger partial charge < -0.3 is 4.90 Å². The Morgan fingerprint density at radius 1 is 1.11 bits per heavy atom. The number of rotatable bonds is 3. The smallest absolute Gasteiger partial charge is 0.126 e. The molecule has 0 atom stereocenters. The van der Waals surface area contributed by atoms with E-state index in [1.54, 1.807) is 6.07 Å². The Hall–Kier alpha value is -2.27.